The molecule has 0 spiro atoms. The number of ether oxygens (including phenoxy) is 2. The van der Waals surface area contributed by atoms with Gasteiger partial charge in [-0.25, -0.2) is 4.39 Å². The highest BCUT2D eigenvalue weighted by molar-refractivity contribution is 5.76. The van der Waals surface area contributed by atoms with Gasteiger partial charge in [-0.05, 0) is 29.9 Å². The van der Waals surface area contributed by atoms with Gasteiger partial charge in [0.15, 0.2) is 12.5 Å². The van der Waals surface area contributed by atoms with Crippen LogP contribution in [0.15, 0.2) is 24.3 Å². The van der Waals surface area contributed by atoms with E-state index in [1.165, 1.54) is 0 Å². The monoisotopic (exact) mass is 555 g/mol. The van der Waals surface area contributed by atoms with E-state index in [1.807, 2.05) is 38.1 Å². The molecule has 3 rings (SSSR count). The van der Waals surface area contributed by atoms with Gasteiger partial charge in [-0.15, -0.1) is 5.10 Å². The molecule has 1 aromatic heterocycles. The van der Waals surface area contributed by atoms with E-state index in [-0.39, 0.29) is 24.1 Å². The van der Waals surface area contributed by atoms with Crippen molar-refractivity contribution in [1.82, 2.24) is 15.5 Å². The molecule has 13 heteroatoms. The van der Waals surface area contributed by atoms with Gasteiger partial charge in [0.05, 0.1) is 13.2 Å². The average Bonchev–Trinajstić information content (AvgIpc) is 3.30. The number of H-pyrrole nitrogens is 1. The molecule has 6 atom stereocenters. The van der Waals surface area contributed by atoms with Crippen LogP contribution in [-0.4, -0.2) is 103 Å². The Morgan fingerprint density at radius 3 is 2.41 bits per heavy atom. The van der Waals surface area contributed by atoms with Gasteiger partial charge in [-0.2, -0.15) is 0 Å². The van der Waals surface area contributed by atoms with Crippen LogP contribution in [0.1, 0.15) is 55.0 Å². The van der Waals surface area contributed by atoms with Crippen LogP contribution in [0.4, 0.5) is 4.39 Å². The molecule has 12 nitrogen and oxygen atoms in total. The number of carbonyl (C=O) groups is 1. The van der Waals surface area contributed by atoms with Gasteiger partial charge in [-0.3, -0.25) is 9.89 Å². The lowest BCUT2D eigenvalue weighted by atomic mass is 9.98. The van der Waals surface area contributed by atoms with Crippen molar-refractivity contribution >= 4 is 5.91 Å². The molecule has 39 heavy (non-hydrogen) atoms. The second kappa shape index (κ2) is 14.1. The SMILES string of the molecule is CC(C)c1[nH]nc(O[C@@H]2O[C@H](CO)[C@@H](F)[C@H](O)[C@H]2O)c1Cc1ccc(CCCC(=O)NC(CO)C(O)O)cc1. The van der Waals surface area contributed by atoms with Crippen molar-refractivity contribution in [3.8, 4) is 5.88 Å². The number of alkyl halides is 1. The molecule has 0 aliphatic carbocycles. The number of rotatable bonds is 13. The Morgan fingerprint density at radius 2 is 1.82 bits per heavy atom. The number of hydrogen-bond donors (Lipinski definition) is 8. The molecule has 1 aliphatic rings. The standard InChI is InChI=1S/C26H38FN3O9/c1-13(2)21-16(24(30-29-21)39-26-23(35)22(34)20(27)18(12-32)38-26)10-15-8-6-14(7-9-15)4-3-5-19(33)28-17(11-31)25(36)37/h6-9,13,17-18,20,22-23,25-26,31-32,34-37H,3-5,10-12H2,1-2H3,(H,28,33)(H,29,30)/t17?,18-,20-,22+,23-,26+/m1/s1. The first-order valence-electron chi connectivity index (χ1n) is 12.9. The summed E-state index contributed by atoms with van der Waals surface area (Å²) in [4.78, 5) is 12.0. The first kappa shape index (κ1) is 30.9. The van der Waals surface area contributed by atoms with Crippen molar-refractivity contribution < 1.29 is 49.3 Å². The first-order valence-corrected chi connectivity index (χ1v) is 12.9. The van der Waals surface area contributed by atoms with Crippen molar-refractivity contribution in [3.63, 3.8) is 0 Å². The molecule has 1 aliphatic heterocycles. The van der Waals surface area contributed by atoms with Crippen molar-refractivity contribution in [3.05, 3.63) is 46.6 Å². The minimum absolute atomic E-state index is 0.0517. The molecule has 1 unspecified atom stereocenters. The molecule has 2 heterocycles. The van der Waals surface area contributed by atoms with E-state index in [2.05, 4.69) is 15.5 Å². The van der Waals surface area contributed by atoms with Crippen LogP contribution in [0.2, 0.25) is 0 Å². The number of carbonyl (C=O) groups excluding carboxylic acids is 1. The van der Waals surface area contributed by atoms with E-state index in [9.17, 15) is 24.5 Å². The lowest BCUT2D eigenvalue weighted by Gasteiger charge is -2.38. The number of nitrogens with zero attached hydrogens (tertiary/aromatic N) is 1. The second-order valence-electron chi connectivity index (χ2n) is 9.96. The van der Waals surface area contributed by atoms with Gasteiger partial charge >= 0.3 is 0 Å². The highest BCUT2D eigenvalue weighted by Crippen LogP contribution is 2.31. The molecule has 0 saturated carbocycles. The predicted molar refractivity (Wildman–Crippen MR) is 135 cm³/mol. The highest BCUT2D eigenvalue weighted by Gasteiger charge is 2.46. The fourth-order valence-electron chi connectivity index (χ4n) is 4.33. The zero-order valence-electron chi connectivity index (χ0n) is 21.9. The smallest absolute Gasteiger partial charge is 0.238 e. The number of aryl methyl sites for hydroxylation is 1. The van der Waals surface area contributed by atoms with Gasteiger partial charge in [0.2, 0.25) is 18.1 Å². The third-order valence-corrected chi connectivity index (χ3v) is 6.64. The third kappa shape index (κ3) is 7.94. The Hall–Kier alpha value is -2.65. The molecule has 0 radical (unpaired) electrons. The Labute approximate surface area is 225 Å². The Balaban J connectivity index is 1.64. The van der Waals surface area contributed by atoms with E-state index in [0.29, 0.717) is 24.8 Å². The number of nitrogens with one attached hydrogen (secondary N) is 2. The molecule has 2 aromatic rings. The van der Waals surface area contributed by atoms with Crippen molar-refractivity contribution in [2.24, 2.45) is 0 Å². The van der Waals surface area contributed by atoms with E-state index in [1.54, 1.807) is 0 Å². The van der Waals surface area contributed by atoms with Crippen LogP contribution < -0.4 is 10.1 Å². The molecule has 1 aromatic carbocycles. The fraction of sp³-hybridized carbons (Fsp3) is 0.615. The quantitative estimate of drug-likeness (QED) is 0.148. The first-order chi connectivity index (χ1) is 18.5. The molecular formula is C26H38FN3O9. The summed E-state index contributed by atoms with van der Waals surface area (Å²) in [5, 5.41) is 66.4. The maximum Gasteiger partial charge on any atom is 0.238 e. The number of amides is 1. The van der Waals surface area contributed by atoms with Crippen LogP contribution in [0.5, 0.6) is 5.88 Å². The van der Waals surface area contributed by atoms with Gasteiger partial charge in [-0.1, -0.05) is 38.1 Å². The summed E-state index contributed by atoms with van der Waals surface area (Å²) in [5.41, 5.74) is 3.41. The number of benzene rings is 1. The number of aliphatic hydroxyl groups is 6. The predicted octanol–water partition coefficient (Wildman–Crippen LogP) is -0.610. The normalized spacial score (nSPS) is 24.2. The topological polar surface area (TPSA) is 198 Å². The number of aliphatic hydroxyl groups excluding tert-OH is 5. The number of hydrogen-bond acceptors (Lipinski definition) is 10. The van der Waals surface area contributed by atoms with E-state index >= 15 is 0 Å². The number of aromatic amines is 1. The summed E-state index contributed by atoms with van der Waals surface area (Å²) in [6.07, 6.45) is -8.36. The third-order valence-electron chi connectivity index (χ3n) is 6.64. The van der Waals surface area contributed by atoms with Crippen LogP contribution in [0.3, 0.4) is 0 Å². The summed E-state index contributed by atoms with van der Waals surface area (Å²) >= 11 is 0. The number of aromatic nitrogens is 2. The highest BCUT2D eigenvalue weighted by atomic mass is 19.1. The minimum atomic E-state index is -1.96. The summed E-state index contributed by atoms with van der Waals surface area (Å²) in [6.45, 7) is 2.66. The molecule has 1 fully saturated rings. The lowest BCUT2D eigenvalue weighted by molar-refractivity contribution is -0.265. The van der Waals surface area contributed by atoms with Crippen LogP contribution >= 0.6 is 0 Å². The largest absolute Gasteiger partial charge is 0.443 e. The Kier molecular flexibility index (Phi) is 11.2. The number of halogens is 1. The van der Waals surface area contributed by atoms with E-state index in [4.69, 9.17) is 24.8 Å². The zero-order chi connectivity index (χ0) is 28.7. The summed E-state index contributed by atoms with van der Waals surface area (Å²) in [5.74, 6) is -0.205. The Morgan fingerprint density at radius 1 is 1.15 bits per heavy atom. The van der Waals surface area contributed by atoms with E-state index in [0.717, 1.165) is 16.8 Å². The van der Waals surface area contributed by atoms with Crippen molar-refractivity contribution in [2.45, 2.75) is 88.6 Å². The van der Waals surface area contributed by atoms with Crippen LogP contribution in [-0.2, 0) is 22.4 Å². The molecular weight excluding hydrogens is 517 g/mol. The van der Waals surface area contributed by atoms with Crippen LogP contribution in [0.25, 0.3) is 0 Å². The maximum absolute atomic E-state index is 14.1. The molecule has 1 saturated heterocycles. The van der Waals surface area contributed by atoms with Gasteiger partial charge in [0.25, 0.3) is 0 Å². The van der Waals surface area contributed by atoms with Crippen molar-refractivity contribution in [1.29, 1.82) is 0 Å². The van der Waals surface area contributed by atoms with Gasteiger partial charge < -0.3 is 45.4 Å². The van der Waals surface area contributed by atoms with Gasteiger partial charge in [0, 0.05) is 24.1 Å². The molecule has 0 bridgehead atoms. The second-order valence-corrected chi connectivity index (χ2v) is 9.96. The Bertz CT molecular complexity index is 1050. The molecule has 8 N–H and O–H groups in total. The minimum Gasteiger partial charge on any atom is -0.443 e. The van der Waals surface area contributed by atoms with Crippen LogP contribution in [0, 0.1) is 0 Å². The van der Waals surface area contributed by atoms with Gasteiger partial charge in [0.1, 0.15) is 24.4 Å². The summed E-state index contributed by atoms with van der Waals surface area (Å²) in [6, 6.07) is 6.57. The lowest BCUT2D eigenvalue weighted by Crippen LogP contribution is -2.58. The molecule has 1 amide bonds. The summed E-state index contributed by atoms with van der Waals surface area (Å²) in [7, 11) is 0. The average molecular weight is 556 g/mol. The molecule has 218 valence electrons. The van der Waals surface area contributed by atoms with E-state index < -0.39 is 56.3 Å². The fourth-order valence-corrected chi connectivity index (χ4v) is 4.33. The zero-order valence-corrected chi connectivity index (χ0v) is 21.9. The summed E-state index contributed by atoms with van der Waals surface area (Å²) < 4.78 is 25.2. The maximum atomic E-state index is 14.1. The van der Waals surface area contributed by atoms with Crippen molar-refractivity contribution in [2.75, 3.05) is 13.2 Å².